The largest absolute Gasteiger partial charge is 0.462 e. The number of hydrogen-bond acceptors (Lipinski definition) is 6. The standard InChI is InChI=1S/C18H21ClN4O2/c1-2-25-17(24)15-7-6-14(11-16(15)19)23-10-3-5-13(12-23)22-18-20-8-4-9-21-18/h4,6-9,11,13H,2-3,5,10,12H2,1H3,(H,20,21,22)/t13-/m0/s1. The van der Waals surface area contributed by atoms with E-state index in [-0.39, 0.29) is 6.04 Å². The number of carbonyl (C=O) groups is 1. The third-order valence-corrected chi connectivity index (χ3v) is 4.45. The molecule has 0 unspecified atom stereocenters. The van der Waals surface area contributed by atoms with E-state index in [1.165, 1.54) is 0 Å². The molecule has 3 rings (SSSR count). The number of ether oxygens (including phenoxy) is 1. The van der Waals surface area contributed by atoms with Crippen LogP contribution >= 0.6 is 11.6 Å². The molecule has 0 radical (unpaired) electrons. The summed E-state index contributed by atoms with van der Waals surface area (Å²) in [4.78, 5) is 22.6. The number of nitrogens with one attached hydrogen (secondary N) is 1. The molecular formula is C18H21ClN4O2. The van der Waals surface area contributed by atoms with E-state index in [0.29, 0.717) is 23.1 Å². The smallest absolute Gasteiger partial charge is 0.339 e. The number of benzene rings is 1. The summed E-state index contributed by atoms with van der Waals surface area (Å²) in [7, 11) is 0. The molecule has 132 valence electrons. The van der Waals surface area contributed by atoms with E-state index in [0.717, 1.165) is 31.6 Å². The van der Waals surface area contributed by atoms with Crippen LogP contribution < -0.4 is 10.2 Å². The molecule has 1 saturated heterocycles. The van der Waals surface area contributed by atoms with E-state index in [9.17, 15) is 4.79 Å². The second kappa shape index (κ2) is 8.16. The predicted molar refractivity (Wildman–Crippen MR) is 98.3 cm³/mol. The zero-order valence-corrected chi connectivity index (χ0v) is 14.9. The van der Waals surface area contributed by atoms with Crippen LogP contribution in [0.2, 0.25) is 5.02 Å². The summed E-state index contributed by atoms with van der Waals surface area (Å²) in [6, 6.07) is 7.53. The van der Waals surface area contributed by atoms with Crippen molar-refractivity contribution in [3.63, 3.8) is 0 Å². The molecule has 1 aliphatic heterocycles. The van der Waals surface area contributed by atoms with Crippen LogP contribution in [-0.4, -0.2) is 41.7 Å². The van der Waals surface area contributed by atoms with Crippen molar-refractivity contribution >= 4 is 29.2 Å². The zero-order chi connectivity index (χ0) is 17.6. The highest BCUT2D eigenvalue weighted by molar-refractivity contribution is 6.33. The third-order valence-electron chi connectivity index (χ3n) is 4.13. The van der Waals surface area contributed by atoms with E-state index in [2.05, 4.69) is 20.2 Å². The first-order valence-corrected chi connectivity index (χ1v) is 8.80. The summed E-state index contributed by atoms with van der Waals surface area (Å²) in [6.07, 6.45) is 5.57. The summed E-state index contributed by atoms with van der Waals surface area (Å²) >= 11 is 6.28. The minimum Gasteiger partial charge on any atom is -0.462 e. The summed E-state index contributed by atoms with van der Waals surface area (Å²) < 4.78 is 5.02. The van der Waals surface area contributed by atoms with Crippen molar-refractivity contribution in [3.8, 4) is 0 Å². The van der Waals surface area contributed by atoms with Crippen molar-refractivity contribution in [2.45, 2.75) is 25.8 Å². The van der Waals surface area contributed by atoms with Crippen molar-refractivity contribution in [2.24, 2.45) is 0 Å². The van der Waals surface area contributed by atoms with E-state index in [1.54, 1.807) is 31.5 Å². The van der Waals surface area contributed by atoms with Crippen molar-refractivity contribution in [2.75, 3.05) is 29.9 Å². The zero-order valence-electron chi connectivity index (χ0n) is 14.1. The molecule has 0 amide bonds. The lowest BCUT2D eigenvalue weighted by Crippen LogP contribution is -2.42. The van der Waals surface area contributed by atoms with Gasteiger partial charge in [0.2, 0.25) is 5.95 Å². The molecule has 1 atom stereocenters. The normalized spacial score (nSPS) is 17.2. The number of aromatic nitrogens is 2. The molecule has 1 aromatic heterocycles. The molecule has 1 fully saturated rings. The second-order valence-corrected chi connectivity index (χ2v) is 6.29. The minimum atomic E-state index is -0.390. The van der Waals surface area contributed by atoms with Gasteiger partial charge >= 0.3 is 5.97 Å². The highest BCUT2D eigenvalue weighted by atomic mass is 35.5. The van der Waals surface area contributed by atoms with Crippen LogP contribution in [0.3, 0.4) is 0 Å². The van der Waals surface area contributed by atoms with Gasteiger partial charge in [0.1, 0.15) is 0 Å². The van der Waals surface area contributed by atoms with Crippen molar-refractivity contribution < 1.29 is 9.53 Å². The molecule has 1 aliphatic rings. The Bertz CT molecular complexity index is 726. The average molecular weight is 361 g/mol. The van der Waals surface area contributed by atoms with Crippen molar-refractivity contribution in [1.82, 2.24) is 9.97 Å². The van der Waals surface area contributed by atoms with Gasteiger partial charge in [-0.05, 0) is 44.0 Å². The van der Waals surface area contributed by atoms with E-state index in [1.807, 2.05) is 12.1 Å². The Morgan fingerprint density at radius 1 is 1.40 bits per heavy atom. The average Bonchev–Trinajstić information content (AvgIpc) is 2.63. The lowest BCUT2D eigenvalue weighted by molar-refractivity contribution is 0.0526. The quantitative estimate of drug-likeness (QED) is 0.824. The van der Waals surface area contributed by atoms with Crippen molar-refractivity contribution in [3.05, 3.63) is 47.2 Å². The number of piperidine rings is 1. The van der Waals surface area contributed by atoms with E-state index < -0.39 is 5.97 Å². The van der Waals surface area contributed by atoms with Crippen LogP contribution in [0.5, 0.6) is 0 Å². The van der Waals surface area contributed by atoms with Gasteiger partial charge in [-0.1, -0.05) is 11.6 Å². The maximum Gasteiger partial charge on any atom is 0.339 e. The number of anilines is 2. The SMILES string of the molecule is CCOC(=O)c1ccc(N2CCC[C@H](Nc3ncccn3)C2)cc1Cl. The van der Waals surface area contributed by atoms with Gasteiger partial charge in [-0.25, -0.2) is 14.8 Å². The molecule has 25 heavy (non-hydrogen) atoms. The molecule has 2 heterocycles. The highest BCUT2D eigenvalue weighted by Gasteiger charge is 2.22. The van der Waals surface area contributed by atoms with Gasteiger partial charge in [0, 0.05) is 37.2 Å². The van der Waals surface area contributed by atoms with E-state index in [4.69, 9.17) is 16.3 Å². The maximum absolute atomic E-state index is 11.9. The van der Waals surface area contributed by atoms with Crippen LogP contribution in [0.4, 0.5) is 11.6 Å². The summed E-state index contributed by atoms with van der Waals surface area (Å²) in [5, 5.41) is 3.78. The van der Waals surface area contributed by atoms with Crippen LogP contribution in [0.1, 0.15) is 30.1 Å². The molecule has 0 saturated carbocycles. The van der Waals surface area contributed by atoms with Gasteiger partial charge in [-0.3, -0.25) is 0 Å². The Morgan fingerprint density at radius 2 is 2.20 bits per heavy atom. The molecule has 1 aromatic carbocycles. The first-order chi connectivity index (χ1) is 12.2. The minimum absolute atomic E-state index is 0.264. The third kappa shape index (κ3) is 4.39. The van der Waals surface area contributed by atoms with Crippen LogP contribution in [0.25, 0.3) is 0 Å². The highest BCUT2D eigenvalue weighted by Crippen LogP contribution is 2.27. The molecular weight excluding hydrogens is 340 g/mol. The monoisotopic (exact) mass is 360 g/mol. The Morgan fingerprint density at radius 3 is 2.92 bits per heavy atom. The number of esters is 1. The molecule has 1 N–H and O–H groups in total. The Balaban J connectivity index is 1.69. The number of hydrogen-bond donors (Lipinski definition) is 1. The van der Waals surface area contributed by atoms with Gasteiger partial charge in [-0.2, -0.15) is 0 Å². The fourth-order valence-electron chi connectivity index (χ4n) is 2.96. The van der Waals surface area contributed by atoms with Crippen LogP contribution in [0.15, 0.2) is 36.7 Å². The van der Waals surface area contributed by atoms with Crippen LogP contribution in [-0.2, 0) is 4.74 Å². The lowest BCUT2D eigenvalue weighted by Gasteiger charge is -2.35. The van der Waals surface area contributed by atoms with Gasteiger partial charge in [0.05, 0.1) is 17.2 Å². The number of rotatable bonds is 5. The molecule has 7 heteroatoms. The van der Waals surface area contributed by atoms with Gasteiger partial charge in [0.15, 0.2) is 0 Å². The van der Waals surface area contributed by atoms with Gasteiger partial charge in [0.25, 0.3) is 0 Å². The molecule has 0 spiro atoms. The number of carbonyl (C=O) groups excluding carboxylic acids is 1. The second-order valence-electron chi connectivity index (χ2n) is 5.89. The molecule has 6 nitrogen and oxygen atoms in total. The Hall–Kier alpha value is -2.34. The van der Waals surface area contributed by atoms with Gasteiger partial charge in [-0.15, -0.1) is 0 Å². The van der Waals surface area contributed by atoms with Crippen molar-refractivity contribution in [1.29, 1.82) is 0 Å². The first-order valence-electron chi connectivity index (χ1n) is 8.42. The van der Waals surface area contributed by atoms with Gasteiger partial charge < -0.3 is 15.0 Å². The molecule has 0 aliphatic carbocycles. The lowest BCUT2D eigenvalue weighted by atomic mass is 10.0. The number of halogens is 1. The molecule has 0 bridgehead atoms. The predicted octanol–water partition coefficient (Wildman–Crippen LogP) is 3.39. The molecule has 2 aromatic rings. The topological polar surface area (TPSA) is 67.3 Å². The first kappa shape index (κ1) is 17.5. The maximum atomic E-state index is 11.9. The van der Waals surface area contributed by atoms with E-state index >= 15 is 0 Å². The number of nitrogens with zero attached hydrogens (tertiary/aromatic N) is 3. The van der Waals surface area contributed by atoms with Crippen LogP contribution in [0, 0.1) is 0 Å². The fourth-order valence-corrected chi connectivity index (χ4v) is 3.21. The Kier molecular flexibility index (Phi) is 5.71. The summed E-state index contributed by atoms with van der Waals surface area (Å²) in [6.45, 7) is 3.88. The Labute approximate surface area is 152 Å². The summed E-state index contributed by atoms with van der Waals surface area (Å²) in [5.41, 5.74) is 1.40. The summed E-state index contributed by atoms with van der Waals surface area (Å²) in [5.74, 6) is 0.253. The fraction of sp³-hybridized carbons (Fsp3) is 0.389.